The highest BCUT2D eigenvalue weighted by Gasteiger charge is 2.27. The second-order valence-electron chi connectivity index (χ2n) is 3.77. The Kier molecular flexibility index (Phi) is 3.91. The molecule has 0 aromatic heterocycles. The number of quaternary nitrogens is 1. The van der Waals surface area contributed by atoms with E-state index >= 15 is 0 Å². The highest BCUT2D eigenvalue weighted by molar-refractivity contribution is 7.52. The van der Waals surface area contributed by atoms with E-state index in [4.69, 9.17) is 4.52 Å². The van der Waals surface area contributed by atoms with Gasteiger partial charge in [0.15, 0.2) is 6.23 Å². The Morgan fingerprint density at radius 3 is 2.17 bits per heavy atom. The van der Waals surface area contributed by atoms with Crippen LogP contribution in [0.4, 0.5) is 0 Å². The first-order valence-electron chi connectivity index (χ1n) is 4.00. The van der Waals surface area contributed by atoms with E-state index in [-0.39, 0.29) is 12.4 Å². The van der Waals surface area contributed by atoms with Gasteiger partial charge in [-0.25, -0.2) is 0 Å². The van der Waals surface area contributed by atoms with E-state index < -0.39 is 7.60 Å². The molecule has 0 aliphatic carbocycles. The van der Waals surface area contributed by atoms with E-state index in [1.807, 2.05) is 21.1 Å². The summed E-state index contributed by atoms with van der Waals surface area (Å²) in [5, 5.41) is 0. The average Bonchev–Trinajstić information content (AvgIpc) is 1.85. The zero-order valence-electron chi connectivity index (χ0n) is 8.44. The molecule has 0 rings (SSSR count). The molecular formula is C7H19NO3P+. The van der Waals surface area contributed by atoms with Crippen LogP contribution in [-0.2, 0) is 9.09 Å². The first kappa shape index (κ1) is 12.1. The zero-order valence-corrected chi connectivity index (χ0v) is 9.34. The van der Waals surface area contributed by atoms with Crippen LogP contribution in [0, 0.1) is 0 Å². The van der Waals surface area contributed by atoms with Crippen molar-refractivity contribution in [3.63, 3.8) is 0 Å². The lowest BCUT2D eigenvalue weighted by molar-refractivity contribution is -0.913. The summed E-state index contributed by atoms with van der Waals surface area (Å²) in [5.74, 6) is 0. The molecule has 0 radical (unpaired) electrons. The summed E-state index contributed by atoms with van der Waals surface area (Å²) in [6.07, 6.45) is -0.0991. The van der Waals surface area contributed by atoms with Crippen molar-refractivity contribution in [3.05, 3.63) is 0 Å². The molecule has 0 spiro atoms. The van der Waals surface area contributed by atoms with Gasteiger partial charge in [-0.2, -0.15) is 0 Å². The summed E-state index contributed by atoms with van der Waals surface area (Å²) in [6, 6.07) is 0. The molecule has 0 saturated carbocycles. The van der Waals surface area contributed by atoms with E-state index in [1.165, 1.54) is 0 Å². The molecule has 12 heavy (non-hydrogen) atoms. The SMILES string of the molecule is CCP(=O)(O)OC(C)[N+](C)(C)C. The van der Waals surface area contributed by atoms with Gasteiger partial charge >= 0.3 is 7.60 Å². The highest BCUT2D eigenvalue weighted by atomic mass is 31.2. The topological polar surface area (TPSA) is 46.5 Å². The Morgan fingerprint density at radius 2 is 1.92 bits per heavy atom. The lowest BCUT2D eigenvalue weighted by atomic mass is 10.5. The van der Waals surface area contributed by atoms with E-state index in [9.17, 15) is 9.46 Å². The molecule has 0 amide bonds. The van der Waals surface area contributed by atoms with E-state index in [1.54, 1.807) is 13.8 Å². The summed E-state index contributed by atoms with van der Waals surface area (Å²) in [4.78, 5) is 9.18. The molecule has 1 N–H and O–H groups in total. The molecular weight excluding hydrogens is 177 g/mol. The summed E-state index contributed by atoms with van der Waals surface area (Å²) in [7, 11) is 2.41. The van der Waals surface area contributed by atoms with Crippen molar-refractivity contribution >= 4 is 7.60 Å². The molecule has 5 heteroatoms. The summed E-state index contributed by atoms with van der Waals surface area (Å²) in [6.45, 7) is 3.43. The second-order valence-corrected chi connectivity index (χ2v) is 5.89. The minimum atomic E-state index is -3.34. The molecule has 0 heterocycles. The smallest absolute Gasteiger partial charge is 0.324 e. The van der Waals surface area contributed by atoms with Crippen molar-refractivity contribution in [3.8, 4) is 0 Å². The van der Waals surface area contributed by atoms with Crippen molar-refractivity contribution in [2.45, 2.75) is 20.1 Å². The van der Waals surface area contributed by atoms with Crippen LogP contribution in [0.25, 0.3) is 0 Å². The maximum Gasteiger partial charge on any atom is 0.332 e. The predicted octanol–water partition coefficient (Wildman–Crippen LogP) is 1.26. The molecule has 0 bridgehead atoms. The molecule has 0 aliphatic heterocycles. The van der Waals surface area contributed by atoms with Crippen LogP contribution >= 0.6 is 7.60 Å². The standard InChI is InChI=1S/C7H18NO3P/c1-6-12(9,10)11-7(2)8(3,4)5/h7H,6H2,1-5H3/p+1. The third-order valence-electron chi connectivity index (χ3n) is 1.81. The van der Waals surface area contributed by atoms with Gasteiger partial charge in [-0.1, -0.05) is 6.92 Å². The van der Waals surface area contributed by atoms with Gasteiger partial charge in [0.1, 0.15) is 0 Å². The average molecular weight is 196 g/mol. The van der Waals surface area contributed by atoms with Gasteiger partial charge in [-0.15, -0.1) is 0 Å². The Morgan fingerprint density at radius 1 is 1.50 bits per heavy atom. The van der Waals surface area contributed by atoms with Crippen LogP contribution in [0.3, 0.4) is 0 Å². The van der Waals surface area contributed by atoms with Crippen LogP contribution < -0.4 is 0 Å². The normalized spacial score (nSPS) is 20.2. The monoisotopic (exact) mass is 196 g/mol. The minimum Gasteiger partial charge on any atom is -0.324 e. The van der Waals surface area contributed by atoms with Gasteiger partial charge in [-0.05, 0) is 0 Å². The molecule has 74 valence electrons. The molecule has 0 aliphatic rings. The summed E-state index contributed by atoms with van der Waals surface area (Å²) < 4.78 is 16.7. The Balaban J connectivity index is 4.19. The first-order valence-corrected chi connectivity index (χ1v) is 5.76. The van der Waals surface area contributed by atoms with Crippen molar-refractivity contribution in [2.75, 3.05) is 27.3 Å². The van der Waals surface area contributed by atoms with Crippen molar-refractivity contribution in [1.29, 1.82) is 0 Å². The fourth-order valence-corrected chi connectivity index (χ4v) is 1.36. The second kappa shape index (κ2) is 3.88. The lowest BCUT2D eigenvalue weighted by Crippen LogP contribution is -2.44. The fourth-order valence-electron chi connectivity index (χ4n) is 0.454. The van der Waals surface area contributed by atoms with Crippen LogP contribution in [0.2, 0.25) is 0 Å². The minimum absolute atomic E-state index is 0.164. The quantitative estimate of drug-likeness (QED) is 0.418. The summed E-state index contributed by atoms with van der Waals surface area (Å²) in [5.41, 5.74) is 0. The highest BCUT2D eigenvalue weighted by Crippen LogP contribution is 2.43. The van der Waals surface area contributed by atoms with Gasteiger partial charge in [0.25, 0.3) is 0 Å². The van der Waals surface area contributed by atoms with Gasteiger partial charge < -0.3 is 9.38 Å². The maximum absolute atomic E-state index is 11.2. The van der Waals surface area contributed by atoms with Crippen LogP contribution in [0.5, 0.6) is 0 Å². The number of nitrogens with zero attached hydrogens (tertiary/aromatic N) is 1. The van der Waals surface area contributed by atoms with Crippen LogP contribution in [0.1, 0.15) is 13.8 Å². The Hall–Kier alpha value is 0.110. The number of rotatable bonds is 4. The van der Waals surface area contributed by atoms with Gasteiger partial charge in [0.2, 0.25) is 0 Å². The fraction of sp³-hybridized carbons (Fsp3) is 1.00. The van der Waals surface area contributed by atoms with Crippen molar-refractivity contribution < 1.29 is 18.5 Å². The van der Waals surface area contributed by atoms with E-state index in [0.29, 0.717) is 4.48 Å². The number of hydrogen-bond donors (Lipinski definition) is 1. The van der Waals surface area contributed by atoms with Crippen molar-refractivity contribution in [2.24, 2.45) is 0 Å². The Bertz CT molecular complexity index is 188. The van der Waals surface area contributed by atoms with Crippen LogP contribution in [0.15, 0.2) is 0 Å². The third kappa shape index (κ3) is 4.21. The molecule has 0 saturated heterocycles. The first-order chi connectivity index (χ1) is 5.19. The molecule has 2 atom stereocenters. The molecule has 0 aromatic carbocycles. The maximum atomic E-state index is 11.2. The lowest BCUT2D eigenvalue weighted by Gasteiger charge is -2.31. The van der Waals surface area contributed by atoms with Gasteiger partial charge in [-0.3, -0.25) is 9.09 Å². The largest absolute Gasteiger partial charge is 0.332 e. The molecule has 4 nitrogen and oxygen atoms in total. The van der Waals surface area contributed by atoms with E-state index in [2.05, 4.69) is 0 Å². The van der Waals surface area contributed by atoms with Gasteiger partial charge in [0, 0.05) is 13.1 Å². The Labute approximate surface area is 74.3 Å². The van der Waals surface area contributed by atoms with E-state index in [0.717, 1.165) is 0 Å². The predicted molar refractivity (Wildman–Crippen MR) is 48.9 cm³/mol. The molecule has 0 fully saturated rings. The van der Waals surface area contributed by atoms with Crippen molar-refractivity contribution in [1.82, 2.24) is 0 Å². The molecule has 2 unspecified atom stereocenters. The van der Waals surface area contributed by atoms with Crippen LogP contribution in [-0.4, -0.2) is 42.9 Å². The van der Waals surface area contributed by atoms with Gasteiger partial charge in [0.05, 0.1) is 21.1 Å². The molecule has 0 aromatic rings. The third-order valence-corrected chi connectivity index (χ3v) is 3.24. The summed E-state index contributed by atoms with van der Waals surface area (Å²) >= 11 is 0. The zero-order chi connectivity index (χ0) is 9.99. The number of hydrogen-bond acceptors (Lipinski definition) is 2.